The number of carbonyl (C=O) groups is 1. The SMILES string of the molecule is COCCCNC(=O)c1c(C#N)ccn1-c1cccc(F)c1C. The largest absolute Gasteiger partial charge is 0.385 e. The van der Waals surface area contributed by atoms with Crippen LogP contribution in [0.3, 0.4) is 0 Å². The summed E-state index contributed by atoms with van der Waals surface area (Å²) in [6.07, 6.45) is 2.27. The molecule has 0 bridgehead atoms. The van der Waals surface area contributed by atoms with Crippen molar-refractivity contribution in [3.05, 3.63) is 53.1 Å². The van der Waals surface area contributed by atoms with Crippen molar-refractivity contribution in [1.29, 1.82) is 5.26 Å². The molecule has 1 amide bonds. The molecule has 0 aliphatic heterocycles. The summed E-state index contributed by atoms with van der Waals surface area (Å²) in [5.74, 6) is -0.729. The Morgan fingerprint density at radius 1 is 1.43 bits per heavy atom. The van der Waals surface area contributed by atoms with Crippen molar-refractivity contribution in [1.82, 2.24) is 9.88 Å². The van der Waals surface area contributed by atoms with Crippen LogP contribution in [0, 0.1) is 24.1 Å². The number of aromatic nitrogens is 1. The zero-order valence-corrected chi connectivity index (χ0v) is 13.1. The van der Waals surface area contributed by atoms with Crippen molar-refractivity contribution in [2.24, 2.45) is 0 Å². The summed E-state index contributed by atoms with van der Waals surface area (Å²) in [7, 11) is 1.59. The van der Waals surface area contributed by atoms with E-state index in [-0.39, 0.29) is 23.0 Å². The van der Waals surface area contributed by atoms with Gasteiger partial charge in [-0.2, -0.15) is 5.26 Å². The number of nitrogens with one attached hydrogen (secondary N) is 1. The molecule has 0 unspecified atom stereocenters. The Hall–Kier alpha value is -2.65. The molecule has 23 heavy (non-hydrogen) atoms. The van der Waals surface area contributed by atoms with E-state index in [0.29, 0.717) is 30.8 Å². The van der Waals surface area contributed by atoms with E-state index in [4.69, 9.17) is 4.74 Å². The maximum absolute atomic E-state index is 13.8. The molecule has 5 nitrogen and oxygen atoms in total. The molecule has 0 aliphatic rings. The smallest absolute Gasteiger partial charge is 0.269 e. The minimum Gasteiger partial charge on any atom is -0.385 e. The highest BCUT2D eigenvalue weighted by Gasteiger charge is 2.19. The molecular formula is C17H18FN3O2. The second kappa shape index (κ2) is 7.56. The summed E-state index contributed by atoms with van der Waals surface area (Å²) >= 11 is 0. The van der Waals surface area contributed by atoms with E-state index in [1.165, 1.54) is 6.07 Å². The summed E-state index contributed by atoms with van der Waals surface area (Å²) < 4.78 is 20.3. The lowest BCUT2D eigenvalue weighted by Gasteiger charge is -2.13. The lowest BCUT2D eigenvalue weighted by molar-refractivity contribution is 0.0941. The number of hydrogen-bond donors (Lipinski definition) is 1. The summed E-state index contributed by atoms with van der Waals surface area (Å²) in [5, 5.41) is 12.0. The maximum Gasteiger partial charge on any atom is 0.269 e. The predicted octanol–water partition coefficient (Wildman–Crippen LogP) is 2.56. The van der Waals surface area contributed by atoms with E-state index in [0.717, 1.165) is 0 Å². The summed E-state index contributed by atoms with van der Waals surface area (Å²) in [6, 6.07) is 8.19. The van der Waals surface area contributed by atoms with Gasteiger partial charge in [0.25, 0.3) is 5.91 Å². The van der Waals surface area contributed by atoms with Gasteiger partial charge in [0.15, 0.2) is 0 Å². The molecule has 1 heterocycles. The van der Waals surface area contributed by atoms with E-state index in [1.807, 2.05) is 6.07 Å². The highest BCUT2D eigenvalue weighted by molar-refractivity contribution is 5.96. The van der Waals surface area contributed by atoms with E-state index >= 15 is 0 Å². The first-order valence-electron chi connectivity index (χ1n) is 7.24. The first-order valence-corrected chi connectivity index (χ1v) is 7.24. The Labute approximate surface area is 134 Å². The van der Waals surface area contributed by atoms with E-state index in [1.54, 1.807) is 43.0 Å². The van der Waals surface area contributed by atoms with Gasteiger partial charge in [-0.1, -0.05) is 6.07 Å². The molecule has 2 aromatic rings. The third-order valence-corrected chi connectivity index (χ3v) is 3.53. The summed E-state index contributed by atoms with van der Waals surface area (Å²) in [6.45, 7) is 2.61. The number of carbonyl (C=O) groups excluding carboxylic acids is 1. The highest BCUT2D eigenvalue weighted by Crippen LogP contribution is 2.21. The molecule has 0 saturated carbocycles. The van der Waals surface area contributed by atoms with Crippen LogP contribution in [0.2, 0.25) is 0 Å². The quantitative estimate of drug-likeness (QED) is 0.833. The number of halogens is 1. The van der Waals surface area contributed by atoms with Crippen molar-refractivity contribution < 1.29 is 13.9 Å². The standard InChI is InChI=1S/C17H18FN3O2/c1-12-14(18)5-3-6-15(12)21-9-7-13(11-19)16(21)17(22)20-8-4-10-23-2/h3,5-7,9H,4,8,10H2,1-2H3,(H,20,22). The Morgan fingerprint density at radius 2 is 2.22 bits per heavy atom. The Balaban J connectivity index is 2.36. The number of rotatable bonds is 6. The zero-order chi connectivity index (χ0) is 16.8. The molecule has 2 rings (SSSR count). The molecule has 0 radical (unpaired) electrons. The Bertz CT molecular complexity index is 747. The molecule has 0 aliphatic carbocycles. The van der Waals surface area contributed by atoms with Gasteiger partial charge in [0.2, 0.25) is 0 Å². The van der Waals surface area contributed by atoms with Crippen LogP contribution in [-0.2, 0) is 4.74 Å². The Morgan fingerprint density at radius 3 is 2.91 bits per heavy atom. The molecule has 0 fully saturated rings. The van der Waals surface area contributed by atoms with Crippen molar-refractivity contribution in [3.63, 3.8) is 0 Å². The van der Waals surface area contributed by atoms with Gasteiger partial charge in [-0.05, 0) is 31.5 Å². The van der Waals surface area contributed by atoms with Crippen molar-refractivity contribution in [2.45, 2.75) is 13.3 Å². The fraction of sp³-hybridized carbons (Fsp3) is 0.294. The normalized spacial score (nSPS) is 10.3. The monoisotopic (exact) mass is 315 g/mol. The van der Waals surface area contributed by atoms with E-state index in [2.05, 4.69) is 5.32 Å². The number of benzene rings is 1. The molecule has 1 aromatic carbocycles. The van der Waals surface area contributed by atoms with Crippen LogP contribution >= 0.6 is 0 Å². The van der Waals surface area contributed by atoms with Gasteiger partial charge in [0.05, 0.1) is 11.3 Å². The molecule has 0 spiro atoms. The van der Waals surface area contributed by atoms with Crippen molar-refractivity contribution in [2.75, 3.05) is 20.3 Å². The van der Waals surface area contributed by atoms with Crippen molar-refractivity contribution >= 4 is 5.91 Å². The van der Waals surface area contributed by atoms with E-state index < -0.39 is 0 Å². The third-order valence-electron chi connectivity index (χ3n) is 3.53. The number of amides is 1. The lowest BCUT2D eigenvalue weighted by atomic mass is 10.1. The lowest BCUT2D eigenvalue weighted by Crippen LogP contribution is -2.28. The van der Waals surface area contributed by atoms with Crippen LogP contribution < -0.4 is 5.32 Å². The second-order valence-electron chi connectivity index (χ2n) is 5.05. The van der Waals surface area contributed by atoms with Gasteiger partial charge in [-0.15, -0.1) is 0 Å². The number of nitriles is 1. The highest BCUT2D eigenvalue weighted by atomic mass is 19.1. The first kappa shape index (κ1) is 16.7. The van der Waals surface area contributed by atoms with Crippen molar-refractivity contribution in [3.8, 4) is 11.8 Å². The number of hydrogen-bond acceptors (Lipinski definition) is 3. The van der Waals surface area contributed by atoms with Gasteiger partial charge in [0.1, 0.15) is 17.6 Å². The molecule has 0 atom stereocenters. The maximum atomic E-state index is 13.8. The third kappa shape index (κ3) is 3.58. The van der Waals surface area contributed by atoms with Crippen LogP contribution in [0.4, 0.5) is 4.39 Å². The molecular weight excluding hydrogens is 297 g/mol. The molecule has 1 aromatic heterocycles. The second-order valence-corrected chi connectivity index (χ2v) is 5.05. The van der Waals surface area contributed by atoms with Crippen LogP contribution in [0.1, 0.15) is 28.0 Å². The van der Waals surface area contributed by atoms with Gasteiger partial charge in [-0.3, -0.25) is 4.79 Å². The van der Waals surface area contributed by atoms with Crippen LogP contribution in [0.25, 0.3) is 5.69 Å². The average molecular weight is 315 g/mol. The minimum absolute atomic E-state index is 0.207. The predicted molar refractivity (Wildman–Crippen MR) is 84.0 cm³/mol. The molecule has 1 N–H and O–H groups in total. The molecule has 0 saturated heterocycles. The van der Waals surface area contributed by atoms with Crippen LogP contribution in [0.5, 0.6) is 0 Å². The summed E-state index contributed by atoms with van der Waals surface area (Å²) in [5.41, 5.74) is 1.41. The minimum atomic E-state index is -0.369. The first-order chi connectivity index (χ1) is 11.1. The van der Waals surface area contributed by atoms with Gasteiger partial charge in [0, 0.05) is 32.0 Å². The number of nitrogens with zero attached hydrogens (tertiary/aromatic N) is 2. The zero-order valence-electron chi connectivity index (χ0n) is 13.1. The van der Waals surface area contributed by atoms with Gasteiger partial charge < -0.3 is 14.6 Å². The number of ether oxygens (including phenoxy) is 1. The average Bonchev–Trinajstić information content (AvgIpc) is 2.98. The van der Waals surface area contributed by atoms with Gasteiger partial charge >= 0.3 is 0 Å². The number of methoxy groups -OCH3 is 1. The fourth-order valence-corrected chi connectivity index (χ4v) is 2.31. The topological polar surface area (TPSA) is 67.0 Å². The summed E-state index contributed by atoms with van der Waals surface area (Å²) in [4.78, 5) is 12.4. The molecule has 6 heteroatoms. The molecule has 120 valence electrons. The Kier molecular flexibility index (Phi) is 5.50. The van der Waals surface area contributed by atoms with Crippen LogP contribution in [-0.4, -0.2) is 30.7 Å². The van der Waals surface area contributed by atoms with Gasteiger partial charge in [-0.25, -0.2) is 4.39 Å². The van der Waals surface area contributed by atoms with E-state index in [9.17, 15) is 14.4 Å². The van der Waals surface area contributed by atoms with Crippen LogP contribution in [0.15, 0.2) is 30.5 Å². The fourth-order valence-electron chi connectivity index (χ4n) is 2.31.